The van der Waals surface area contributed by atoms with Crippen molar-refractivity contribution in [2.75, 3.05) is 13.7 Å². The Morgan fingerprint density at radius 1 is 1.21 bits per heavy atom. The lowest BCUT2D eigenvalue weighted by atomic mass is 10.2. The van der Waals surface area contributed by atoms with Gasteiger partial charge in [0.05, 0.1) is 12.0 Å². The molecule has 8 heteroatoms. The molecule has 28 heavy (non-hydrogen) atoms. The molecule has 0 aromatic heterocycles. The second-order valence-corrected chi connectivity index (χ2v) is 7.53. The van der Waals surface area contributed by atoms with Crippen LogP contribution in [0.5, 0.6) is 11.5 Å². The van der Waals surface area contributed by atoms with E-state index in [9.17, 15) is 9.59 Å². The van der Waals surface area contributed by atoms with Crippen LogP contribution in [0.4, 0.5) is 0 Å². The first-order chi connectivity index (χ1) is 13.5. The first-order valence-corrected chi connectivity index (χ1v) is 9.64. The van der Waals surface area contributed by atoms with Crippen molar-refractivity contribution in [2.24, 2.45) is 0 Å². The fraction of sp³-hybridized carbons (Fsp3) is 0.150. The lowest BCUT2D eigenvalue weighted by Crippen LogP contribution is -2.28. The molecule has 1 aliphatic heterocycles. The normalized spacial score (nSPS) is 14.7. The standard InChI is InChI=1S/C20H18N2O4S2/c1-25-16-9-14(10-17-19(24)22-20(27)28-17)7-8-15(16)26-12-18(23)21-11-13-5-3-2-4-6-13/h2-10H,11-12H2,1H3,(H,21,23)(H,22,24,27)/b17-10-. The molecule has 2 aromatic rings. The highest BCUT2D eigenvalue weighted by Crippen LogP contribution is 2.31. The van der Waals surface area contributed by atoms with Crippen LogP contribution in [0.25, 0.3) is 6.08 Å². The van der Waals surface area contributed by atoms with Crippen molar-refractivity contribution < 1.29 is 19.1 Å². The van der Waals surface area contributed by atoms with Gasteiger partial charge in [-0.1, -0.05) is 60.4 Å². The number of hydrogen-bond donors (Lipinski definition) is 2. The maximum absolute atomic E-state index is 12.0. The third kappa shape index (κ3) is 5.34. The number of thiocarbonyl (C=S) groups is 1. The fourth-order valence-electron chi connectivity index (χ4n) is 2.46. The van der Waals surface area contributed by atoms with E-state index in [1.165, 1.54) is 18.9 Å². The molecule has 0 radical (unpaired) electrons. The Morgan fingerprint density at radius 3 is 2.68 bits per heavy atom. The first-order valence-electron chi connectivity index (χ1n) is 8.41. The Morgan fingerprint density at radius 2 is 2.00 bits per heavy atom. The molecule has 0 unspecified atom stereocenters. The summed E-state index contributed by atoms with van der Waals surface area (Å²) in [6.45, 7) is 0.310. The number of carbonyl (C=O) groups is 2. The van der Waals surface area contributed by atoms with Gasteiger partial charge in [0.25, 0.3) is 11.8 Å². The van der Waals surface area contributed by atoms with E-state index in [0.717, 1.165) is 11.1 Å². The topological polar surface area (TPSA) is 76.7 Å². The first kappa shape index (κ1) is 19.9. The van der Waals surface area contributed by atoms with Crippen LogP contribution < -0.4 is 20.1 Å². The zero-order chi connectivity index (χ0) is 19.9. The van der Waals surface area contributed by atoms with Gasteiger partial charge in [-0.05, 0) is 29.3 Å². The molecule has 0 saturated carbocycles. The zero-order valence-electron chi connectivity index (χ0n) is 15.1. The van der Waals surface area contributed by atoms with E-state index in [1.807, 2.05) is 30.3 Å². The maximum Gasteiger partial charge on any atom is 0.263 e. The van der Waals surface area contributed by atoms with E-state index < -0.39 is 0 Å². The molecule has 1 fully saturated rings. The Bertz CT molecular complexity index is 929. The average Bonchev–Trinajstić information content (AvgIpc) is 3.02. The van der Waals surface area contributed by atoms with Crippen LogP contribution in [-0.2, 0) is 16.1 Å². The van der Waals surface area contributed by atoms with Crippen molar-refractivity contribution >= 4 is 46.2 Å². The Kier molecular flexibility index (Phi) is 6.67. The Labute approximate surface area is 172 Å². The van der Waals surface area contributed by atoms with Crippen LogP contribution in [-0.4, -0.2) is 29.9 Å². The lowest BCUT2D eigenvalue weighted by molar-refractivity contribution is -0.123. The molecule has 0 spiro atoms. The summed E-state index contributed by atoms with van der Waals surface area (Å²) in [5, 5.41) is 5.37. The molecule has 144 valence electrons. The molecule has 2 N–H and O–H groups in total. The average molecular weight is 415 g/mol. The second-order valence-electron chi connectivity index (χ2n) is 5.81. The number of thioether (sulfide) groups is 1. The number of methoxy groups -OCH3 is 1. The Hall–Kier alpha value is -2.84. The van der Waals surface area contributed by atoms with Gasteiger partial charge in [0.1, 0.15) is 4.32 Å². The molecule has 1 heterocycles. The monoisotopic (exact) mass is 414 g/mol. The van der Waals surface area contributed by atoms with Gasteiger partial charge in [-0.25, -0.2) is 0 Å². The number of hydrogen-bond acceptors (Lipinski definition) is 6. The van der Waals surface area contributed by atoms with E-state index in [0.29, 0.717) is 27.3 Å². The summed E-state index contributed by atoms with van der Waals surface area (Å²) in [4.78, 5) is 24.3. The van der Waals surface area contributed by atoms with Crippen molar-refractivity contribution in [1.82, 2.24) is 10.6 Å². The Balaban J connectivity index is 1.59. The predicted octanol–water partition coefficient (Wildman–Crippen LogP) is 2.88. The highest BCUT2D eigenvalue weighted by molar-refractivity contribution is 8.26. The predicted molar refractivity (Wildman–Crippen MR) is 113 cm³/mol. The highest BCUT2D eigenvalue weighted by Gasteiger charge is 2.22. The van der Waals surface area contributed by atoms with Crippen molar-refractivity contribution in [1.29, 1.82) is 0 Å². The van der Waals surface area contributed by atoms with Crippen LogP contribution in [0.2, 0.25) is 0 Å². The lowest BCUT2D eigenvalue weighted by Gasteiger charge is -2.11. The molecule has 0 bridgehead atoms. The van der Waals surface area contributed by atoms with E-state index in [4.69, 9.17) is 21.7 Å². The second kappa shape index (κ2) is 9.38. The molecule has 1 saturated heterocycles. The highest BCUT2D eigenvalue weighted by atomic mass is 32.2. The van der Waals surface area contributed by atoms with Gasteiger partial charge in [-0.3, -0.25) is 9.59 Å². The van der Waals surface area contributed by atoms with Gasteiger partial charge in [-0.2, -0.15) is 0 Å². The van der Waals surface area contributed by atoms with E-state index in [2.05, 4.69) is 10.6 Å². The molecule has 2 aromatic carbocycles. The minimum Gasteiger partial charge on any atom is -0.493 e. The number of rotatable bonds is 7. The molecule has 0 atom stereocenters. The van der Waals surface area contributed by atoms with Crippen molar-refractivity contribution in [3.63, 3.8) is 0 Å². The molecule has 0 aliphatic carbocycles. The SMILES string of the molecule is COc1cc(/C=C2\SC(=S)NC2=O)ccc1OCC(=O)NCc1ccccc1. The molecular weight excluding hydrogens is 396 g/mol. The summed E-state index contributed by atoms with van der Waals surface area (Å²) in [6, 6.07) is 14.8. The smallest absolute Gasteiger partial charge is 0.263 e. The van der Waals surface area contributed by atoms with Crippen molar-refractivity contribution in [3.05, 3.63) is 64.6 Å². The third-order valence-electron chi connectivity index (χ3n) is 3.82. The zero-order valence-corrected chi connectivity index (χ0v) is 16.7. The third-order valence-corrected chi connectivity index (χ3v) is 4.98. The van der Waals surface area contributed by atoms with E-state index >= 15 is 0 Å². The van der Waals surface area contributed by atoms with Gasteiger partial charge in [-0.15, -0.1) is 0 Å². The van der Waals surface area contributed by atoms with Crippen molar-refractivity contribution in [2.45, 2.75) is 6.54 Å². The number of carbonyl (C=O) groups excluding carboxylic acids is 2. The van der Waals surface area contributed by atoms with Crippen LogP contribution >= 0.6 is 24.0 Å². The fourth-order valence-corrected chi connectivity index (χ4v) is 3.50. The van der Waals surface area contributed by atoms with Gasteiger partial charge >= 0.3 is 0 Å². The van der Waals surface area contributed by atoms with Crippen LogP contribution in [0.1, 0.15) is 11.1 Å². The molecule has 6 nitrogen and oxygen atoms in total. The number of ether oxygens (including phenoxy) is 2. The summed E-state index contributed by atoms with van der Waals surface area (Å²) in [7, 11) is 1.51. The summed E-state index contributed by atoms with van der Waals surface area (Å²) < 4.78 is 11.4. The number of amides is 2. The molecular formula is C20H18N2O4S2. The van der Waals surface area contributed by atoms with Gasteiger partial charge in [0, 0.05) is 6.54 Å². The summed E-state index contributed by atoms with van der Waals surface area (Å²) >= 11 is 6.19. The minimum absolute atomic E-state index is 0.129. The minimum atomic E-state index is -0.232. The van der Waals surface area contributed by atoms with E-state index in [-0.39, 0.29) is 18.4 Å². The van der Waals surface area contributed by atoms with Gasteiger partial charge in [0.2, 0.25) is 0 Å². The maximum atomic E-state index is 12.0. The number of nitrogens with one attached hydrogen (secondary N) is 2. The van der Waals surface area contributed by atoms with Crippen LogP contribution in [0, 0.1) is 0 Å². The molecule has 3 rings (SSSR count). The molecule has 2 amide bonds. The molecule has 1 aliphatic rings. The quantitative estimate of drug-likeness (QED) is 0.536. The number of benzene rings is 2. The van der Waals surface area contributed by atoms with Gasteiger partial charge < -0.3 is 20.1 Å². The summed E-state index contributed by atoms with van der Waals surface area (Å²) in [5.41, 5.74) is 1.78. The summed E-state index contributed by atoms with van der Waals surface area (Å²) in [6.07, 6.45) is 1.72. The van der Waals surface area contributed by atoms with Gasteiger partial charge in [0.15, 0.2) is 18.1 Å². The van der Waals surface area contributed by atoms with Crippen LogP contribution in [0.15, 0.2) is 53.4 Å². The van der Waals surface area contributed by atoms with Crippen LogP contribution in [0.3, 0.4) is 0 Å². The van der Waals surface area contributed by atoms with Crippen molar-refractivity contribution in [3.8, 4) is 11.5 Å². The van der Waals surface area contributed by atoms with E-state index in [1.54, 1.807) is 24.3 Å². The summed E-state index contributed by atoms with van der Waals surface area (Å²) in [5.74, 6) is 0.462. The largest absolute Gasteiger partial charge is 0.493 e.